The summed E-state index contributed by atoms with van der Waals surface area (Å²) < 4.78 is 0. The van der Waals surface area contributed by atoms with Gasteiger partial charge in [-0.25, -0.2) is 0 Å². The van der Waals surface area contributed by atoms with Crippen molar-refractivity contribution in [3.05, 3.63) is 0 Å². The first-order valence-corrected chi connectivity index (χ1v) is 7.26. The molecule has 3 nitrogen and oxygen atoms in total. The summed E-state index contributed by atoms with van der Waals surface area (Å²) in [6, 6.07) is 0.691. The maximum absolute atomic E-state index is 12.6. The molecule has 2 unspecified atom stereocenters. The van der Waals surface area contributed by atoms with E-state index in [1.807, 2.05) is 0 Å². The standard InChI is InChI=1S/C14H23NO2/c16-13-8-11-6-7-12(9-13)15(11)14(17)10-4-2-1-3-5-10/h10-13,16H,1-9H2. The number of piperidine rings is 1. The number of rotatable bonds is 1. The van der Waals surface area contributed by atoms with E-state index in [1.165, 1.54) is 19.3 Å². The fourth-order valence-corrected chi connectivity index (χ4v) is 4.07. The first-order chi connectivity index (χ1) is 8.25. The Labute approximate surface area is 103 Å². The van der Waals surface area contributed by atoms with Crippen LogP contribution < -0.4 is 0 Å². The topological polar surface area (TPSA) is 40.5 Å². The minimum Gasteiger partial charge on any atom is -0.393 e. The van der Waals surface area contributed by atoms with Gasteiger partial charge in [-0.15, -0.1) is 0 Å². The van der Waals surface area contributed by atoms with E-state index in [4.69, 9.17) is 0 Å². The largest absolute Gasteiger partial charge is 0.393 e. The Morgan fingerprint density at radius 3 is 2.12 bits per heavy atom. The molecule has 1 saturated carbocycles. The monoisotopic (exact) mass is 237 g/mol. The molecule has 0 aromatic rings. The Bertz CT molecular complexity index is 285. The minimum atomic E-state index is -0.164. The maximum Gasteiger partial charge on any atom is 0.226 e. The van der Waals surface area contributed by atoms with Gasteiger partial charge in [-0.1, -0.05) is 19.3 Å². The first kappa shape index (κ1) is 11.5. The van der Waals surface area contributed by atoms with E-state index in [0.717, 1.165) is 38.5 Å². The third-order valence-electron chi connectivity index (χ3n) is 4.92. The molecule has 1 amide bonds. The molecule has 0 radical (unpaired) electrons. The van der Waals surface area contributed by atoms with Crippen LogP contribution in [0.4, 0.5) is 0 Å². The Morgan fingerprint density at radius 2 is 1.53 bits per heavy atom. The maximum atomic E-state index is 12.6. The van der Waals surface area contributed by atoms with Crippen molar-refractivity contribution >= 4 is 5.91 Å². The number of hydrogen-bond donors (Lipinski definition) is 1. The SMILES string of the molecule is O=C(C1CCCCC1)N1C2CCC1CC(O)C2. The predicted octanol–water partition coefficient (Wildman–Crippen LogP) is 2.08. The number of amides is 1. The second-order valence-corrected chi connectivity index (χ2v) is 6.09. The van der Waals surface area contributed by atoms with Gasteiger partial charge in [0.05, 0.1) is 6.10 Å². The zero-order valence-electron chi connectivity index (χ0n) is 10.5. The Hall–Kier alpha value is -0.570. The van der Waals surface area contributed by atoms with Crippen LogP contribution >= 0.6 is 0 Å². The van der Waals surface area contributed by atoms with Gasteiger partial charge in [0.25, 0.3) is 0 Å². The lowest BCUT2D eigenvalue weighted by atomic mass is 9.87. The average molecular weight is 237 g/mol. The fraction of sp³-hybridized carbons (Fsp3) is 0.929. The van der Waals surface area contributed by atoms with Crippen LogP contribution in [0.25, 0.3) is 0 Å². The quantitative estimate of drug-likeness (QED) is 0.758. The van der Waals surface area contributed by atoms with E-state index in [9.17, 15) is 9.90 Å². The average Bonchev–Trinajstić information content (AvgIpc) is 2.62. The molecular weight excluding hydrogens is 214 g/mol. The van der Waals surface area contributed by atoms with Crippen molar-refractivity contribution in [2.45, 2.75) is 76.0 Å². The number of hydrogen-bond acceptors (Lipinski definition) is 2. The lowest BCUT2D eigenvalue weighted by molar-refractivity contribution is -0.142. The normalized spacial score (nSPS) is 38.4. The van der Waals surface area contributed by atoms with Crippen LogP contribution in [0.5, 0.6) is 0 Å². The molecule has 2 saturated heterocycles. The van der Waals surface area contributed by atoms with E-state index in [-0.39, 0.29) is 6.10 Å². The van der Waals surface area contributed by atoms with E-state index >= 15 is 0 Å². The number of carbonyl (C=O) groups is 1. The third kappa shape index (κ3) is 2.10. The highest BCUT2D eigenvalue weighted by molar-refractivity contribution is 5.80. The molecule has 0 aromatic heterocycles. The van der Waals surface area contributed by atoms with Gasteiger partial charge in [0, 0.05) is 18.0 Å². The zero-order chi connectivity index (χ0) is 11.8. The molecule has 2 aliphatic heterocycles. The van der Waals surface area contributed by atoms with Crippen LogP contribution in [0, 0.1) is 5.92 Å². The van der Waals surface area contributed by atoms with Gasteiger partial charge in [-0.3, -0.25) is 4.79 Å². The summed E-state index contributed by atoms with van der Waals surface area (Å²) in [5, 5.41) is 9.76. The highest BCUT2D eigenvalue weighted by Crippen LogP contribution is 2.38. The summed E-state index contributed by atoms with van der Waals surface area (Å²) >= 11 is 0. The highest BCUT2D eigenvalue weighted by atomic mass is 16.3. The fourth-order valence-electron chi connectivity index (χ4n) is 4.07. The molecule has 1 N–H and O–H groups in total. The second-order valence-electron chi connectivity index (χ2n) is 6.09. The van der Waals surface area contributed by atoms with E-state index < -0.39 is 0 Å². The van der Waals surface area contributed by atoms with E-state index in [2.05, 4.69) is 4.90 Å². The van der Waals surface area contributed by atoms with Crippen LogP contribution in [0.1, 0.15) is 57.8 Å². The molecule has 0 spiro atoms. The lowest BCUT2D eigenvalue weighted by Crippen LogP contribution is -2.50. The summed E-state index contributed by atoms with van der Waals surface area (Å²) in [4.78, 5) is 14.7. The van der Waals surface area contributed by atoms with E-state index in [0.29, 0.717) is 23.9 Å². The molecule has 3 rings (SSSR count). The molecule has 3 aliphatic rings. The van der Waals surface area contributed by atoms with Gasteiger partial charge in [0.2, 0.25) is 5.91 Å². The summed E-state index contributed by atoms with van der Waals surface area (Å²) in [5.74, 6) is 0.700. The molecule has 1 aliphatic carbocycles. The second kappa shape index (κ2) is 4.60. The molecule has 2 heterocycles. The van der Waals surface area contributed by atoms with Crippen LogP contribution in [0.2, 0.25) is 0 Å². The van der Waals surface area contributed by atoms with Crippen molar-refractivity contribution < 1.29 is 9.90 Å². The van der Waals surface area contributed by atoms with Gasteiger partial charge in [0.15, 0.2) is 0 Å². The van der Waals surface area contributed by atoms with Crippen molar-refractivity contribution in [2.24, 2.45) is 5.92 Å². The molecule has 2 atom stereocenters. The summed E-state index contributed by atoms with van der Waals surface area (Å²) in [6.45, 7) is 0. The number of nitrogens with zero attached hydrogens (tertiary/aromatic N) is 1. The highest BCUT2D eigenvalue weighted by Gasteiger charge is 2.44. The van der Waals surface area contributed by atoms with E-state index in [1.54, 1.807) is 0 Å². The zero-order valence-corrected chi connectivity index (χ0v) is 10.5. The molecule has 3 fully saturated rings. The van der Waals surface area contributed by atoms with Gasteiger partial charge in [0.1, 0.15) is 0 Å². The molecule has 0 aromatic carbocycles. The molecular formula is C14H23NO2. The Morgan fingerprint density at radius 1 is 0.941 bits per heavy atom. The van der Waals surface area contributed by atoms with Crippen molar-refractivity contribution in [2.75, 3.05) is 0 Å². The summed E-state index contributed by atoms with van der Waals surface area (Å²) in [5.41, 5.74) is 0. The van der Waals surface area contributed by atoms with Crippen molar-refractivity contribution in [3.8, 4) is 0 Å². The van der Waals surface area contributed by atoms with Gasteiger partial charge in [-0.2, -0.15) is 0 Å². The van der Waals surface area contributed by atoms with Gasteiger partial charge in [-0.05, 0) is 38.5 Å². The summed E-state index contributed by atoms with van der Waals surface area (Å²) in [6.07, 6.45) is 9.63. The Balaban J connectivity index is 1.69. The van der Waals surface area contributed by atoms with Crippen molar-refractivity contribution in [1.82, 2.24) is 4.90 Å². The first-order valence-electron chi connectivity index (χ1n) is 7.26. The van der Waals surface area contributed by atoms with Crippen molar-refractivity contribution in [1.29, 1.82) is 0 Å². The van der Waals surface area contributed by atoms with Crippen LogP contribution in [-0.4, -0.2) is 34.1 Å². The molecule has 3 heteroatoms. The number of fused-ring (bicyclic) bond motifs is 2. The van der Waals surface area contributed by atoms with Crippen LogP contribution in [-0.2, 0) is 4.79 Å². The van der Waals surface area contributed by atoms with Crippen LogP contribution in [0.15, 0.2) is 0 Å². The molecule has 17 heavy (non-hydrogen) atoms. The van der Waals surface area contributed by atoms with Gasteiger partial charge < -0.3 is 10.0 Å². The lowest BCUT2D eigenvalue weighted by Gasteiger charge is -2.39. The van der Waals surface area contributed by atoms with Crippen molar-refractivity contribution in [3.63, 3.8) is 0 Å². The summed E-state index contributed by atoms with van der Waals surface area (Å²) in [7, 11) is 0. The number of carbonyl (C=O) groups excluding carboxylic acids is 1. The predicted molar refractivity (Wildman–Crippen MR) is 65.5 cm³/mol. The smallest absolute Gasteiger partial charge is 0.226 e. The molecule has 96 valence electrons. The minimum absolute atomic E-state index is 0.164. The Kier molecular flexibility index (Phi) is 3.12. The van der Waals surface area contributed by atoms with Gasteiger partial charge >= 0.3 is 0 Å². The molecule has 2 bridgehead atoms. The number of aliphatic hydroxyl groups excluding tert-OH is 1. The van der Waals surface area contributed by atoms with Crippen LogP contribution in [0.3, 0.4) is 0 Å². The third-order valence-corrected chi connectivity index (χ3v) is 4.92. The number of aliphatic hydroxyl groups is 1.